The van der Waals surface area contributed by atoms with Gasteiger partial charge in [-0.3, -0.25) is 4.79 Å². The zero-order valence-corrected chi connectivity index (χ0v) is 8.74. The smallest absolute Gasteiger partial charge is 0.220 e. The van der Waals surface area contributed by atoms with Crippen molar-refractivity contribution in [3.05, 3.63) is 0 Å². The van der Waals surface area contributed by atoms with E-state index in [2.05, 4.69) is 5.32 Å². The highest BCUT2D eigenvalue weighted by atomic mass is 32.2. The van der Waals surface area contributed by atoms with Crippen molar-refractivity contribution in [3.63, 3.8) is 0 Å². The van der Waals surface area contributed by atoms with Crippen LogP contribution in [0.4, 0.5) is 0 Å². The van der Waals surface area contributed by atoms with Gasteiger partial charge in [-0.25, -0.2) is 0 Å². The third-order valence-corrected chi connectivity index (χ3v) is 2.08. The van der Waals surface area contributed by atoms with E-state index in [1.54, 1.807) is 6.26 Å². The average molecular weight is 191 g/mol. The van der Waals surface area contributed by atoms with E-state index >= 15 is 0 Å². The fraction of sp³-hybridized carbons (Fsp3) is 0.875. The van der Waals surface area contributed by atoms with E-state index in [9.17, 15) is 9.35 Å². The number of carbonyl (C=O) groups is 1. The van der Waals surface area contributed by atoms with Gasteiger partial charge in [0, 0.05) is 6.42 Å². The summed E-state index contributed by atoms with van der Waals surface area (Å²) < 4.78 is 10.6. The van der Waals surface area contributed by atoms with E-state index in [1.807, 2.05) is 13.8 Å². The number of nitrogens with one attached hydrogen (secondary N) is 1. The van der Waals surface area contributed by atoms with Crippen molar-refractivity contribution in [2.24, 2.45) is 5.92 Å². The number of hydrogen-bond acceptors (Lipinski definition) is 2. The maximum absolute atomic E-state index is 11.0. The van der Waals surface area contributed by atoms with E-state index in [4.69, 9.17) is 0 Å². The molecule has 0 fully saturated rings. The molecular weight excluding hydrogens is 174 g/mol. The summed E-state index contributed by atoms with van der Waals surface area (Å²) in [7, 11) is 0. The molecule has 0 aliphatic heterocycles. The quantitative estimate of drug-likeness (QED) is 0.644. The van der Waals surface area contributed by atoms with Crippen molar-refractivity contribution >= 4 is 17.1 Å². The number of amides is 1. The first-order valence-corrected chi connectivity index (χ1v) is 5.81. The zero-order chi connectivity index (χ0) is 9.56. The highest BCUT2D eigenvalue weighted by Gasteiger charge is 2.04. The van der Waals surface area contributed by atoms with Crippen LogP contribution >= 0.6 is 0 Å². The molecule has 0 saturated heterocycles. The molecule has 0 radical (unpaired) electrons. The van der Waals surface area contributed by atoms with Crippen LogP contribution in [-0.4, -0.2) is 29.0 Å². The summed E-state index contributed by atoms with van der Waals surface area (Å²) in [6.45, 7) is 4.52. The first kappa shape index (κ1) is 11.8. The molecule has 0 bridgehead atoms. The molecule has 1 amide bonds. The zero-order valence-electron chi connectivity index (χ0n) is 7.92. The van der Waals surface area contributed by atoms with E-state index in [-0.39, 0.29) is 5.91 Å². The SMILES string of the molecule is CC(C)CC(=O)NCC[S+](C)[O-]. The molecule has 1 N–H and O–H groups in total. The summed E-state index contributed by atoms with van der Waals surface area (Å²) in [6, 6.07) is 0. The topological polar surface area (TPSA) is 52.2 Å². The Bertz CT molecular complexity index is 137. The molecule has 0 spiro atoms. The number of hydrogen-bond donors (Lipinski definition) is 1. The van der Waals surface area contributed by atoms with E-state index in [0.717, 1.165) is 0 Å². The Hall–Kier alpha value is -0.220. The molecule has 1 atom stereocenters. The molecular formula is C8H17NO2S. The first-order chi connectivity index (χ1) is 5.52. The van der Waals surface area contributed by atoms with Gasteiger partial charge in [0.05, 0.1) is 12.8 Å². The second-order valence-corrected chi connectivity index (χ2v) is 4.78. The molecule has 0 aromatic rings. The van der Waals surface area contributed by atoms with Crippen LogP contribution in [0, 0.1) is 5.92 Å². The van der Waals surface area contributed by atoms with Gasteiger partial charge < -0.3 is 9.87 Å². The molecule has 72 valence electrons. The second kappa shape index (κ2) is 6.31. The lowest BCUT2D eigenvalue weighted by atomic mass is 10.1. The maximum atomic E-state index is 11.0. The molecule has 0 rings (SSSR count). The van der Waals surface area contributed by atoms with Gasteiger partial charge in [0.2, 0.25) is 5.91 Å². The molecule has 0 aromatic heterocycles. The molecule has 0 aliphatic rings. The Morgan fingerprint density at radius 1 is 1.58 bits per heavy atom. The van der Waals surface area contributed by atoms with Gasteiger partial charge in [0.1, 0.15) is 5.75 Å². The molecule has 1 unspecified atom stereocenters. The van der Waals surface area contributed by atoms with Crippen molar-refractivity contribution in [2.75, 3.05) is 18.6 Å². The summed E-state index contributed by atoms with van der Waals surface area (Å²) in [5, 5.41) is 2.71. The molecule has 3 nitrogen and oxygen atoms in total. The monoisotopic (exact) mass is 191 g/mol. The Morgan fingerprint density at radius 3 is 2.58 bits per heavy atom. The lowest BCUT2D eigenvalue weighted by Crippen LogP contribution is -2.29. The van der Waals surface area contributed by atoms with Crippen molar-refractivity contribution in [1.29, 1.82) is 0 Å². The Morgan fingerprint density at radius 2 is 2.17 bits per heavy atom. The van der Waals surface area contributed by atoms with Crippen molar-refractivity contribution in [3.8, 4) is 0 Å². The Kier molecular flexibility index (Phi) is 6.20. The third-order valence-electron chi connectivity index (χ3n) is 1.31. The molecule has 0 aromatic carbocycles. The standard InChI is InChI=1S/C8H17NO2S/c1-7(2)6-8(10)9-4-5-12(3)11/h7H,4-6H2,1-3H3,(H,9,10). The Labute approximate surface area is 77.1 Å². The Balaban J connectivity index is 3.32. The normalized spacial score (nSPS) is 13.1. The van der Waals surface area contributed by atoms with Gasteiger partial charge in [-0.1, -0.05) is 25.0 Å². The molecule has 4 heteroatoms. The highest BCUT2D eigenvalue weighted by Crippen LogP contribution is 1.97. The van der Waals surface area contributed by atoms with Crippen LogP contribution < -0.4 is 5.32 Å². The van der Waals surface area contributed by atoms with Gasteiger partial charge in [0.15, 0.2) is 0 Å². The van der Waals surface area contributed by atoms with Gasteiger partial charge >= 0.3 is 0 Å². The van der Waals surface area contributed by atoms with Gasteiger partial charge in [-0.05, 0) is 5.92 Å². The fourth-order valence-corrected chi connectivity index (χ4v) is 1.17. The summed E-state index contributed by atoms with van der Waals surface area (Å²) in [6.07, 6.45) is 2.19. The maximum Gasteiger partial charge on any atom is 0.220 e. The van der Waals surface area contributed by atoms with Crippen LogP contribution in [0.5, 0.6) is 0 Å². The van der Waals surface area contributed by atoms with E-state index in [1.165, 1.54) is 0 Å². The predicted octanol–water partition coefficient (Wildman–Crippen LogP) is 0.527. The predicted molar refractivity (Wildman–Crippen MR) is 51.4 cm³/mol. The van der Waals surface area contributed by atoms with Crippen LogP contribution in [0.25, 0.3) is 0 Å². The minimum atomic E-state index is -0.809. The number of rotatable bonds is 5. The van der Waals surface area contributed by atoms with Crippen molar-refractivity contribution in [1.82, 2.24) is 5.32 Å². The minimum Gasteiger partial charge on any atom is -0.617 e. The first-order valence-electron chi connectivity index (χ1n) is 4.09. The van der Waals surface area contributed by atoms with Gasteiger partial charge in [-0.2, -0.15) is 0 Å². The molecule has 0 heterocycles. The van der Waals surface area contributed by atoms with Gasteiger partial charge in [-0.15, -0.1) is 0 Å². The van der Waals surface area contributed by atoms with Crippen LogP contribution in [0.3, 0.4) is 0 Å². The summed E-state index contributed by atoms with van der Waals surface area (Å²) in [4.78, 5) is 11.0. The average Bonchev–Trinajstić information content (AvgIpc) is 1.84. The van der Waals surface area contributed by atoms with E-state index < -0.39 is 11.2 Å². The lowest BCUT2D eigenvalue weighted by molar-refractivity contribution is -0.121. The fourth-order valence-electron chi connectivity index (χ4n) is 0.777. The van der Waals surface area contributed by atoms with E-state index in [0.29, 0.717) is 24.6 Å². The van der Waals surface area contributed by atoms with Crippen LogP contribution in [0.15, 0.2) is 0 Å². The molecule has 12 heavy (non-hydrogen) atoms. The van der Waals surface area contributed by atoms with Crippen LogP contribution in [-0.2, 0) is 16.0 Å². The van der Waals surface area contributed by atoms with Crippen molar-refractivity contribution in [2.45, 2.75) is 20.3 Å². The third kappa shape index (κ3) is 7.88. The lowest BCUT2D eigenvalue weighted by Gasteiger charge is -2.07. The minimum absolute atomic E-state index is 0.0513. The van der Waals surface area contributed by atoms with Crippen LogP contribution in [0.1, 0.15) is 20.3 Å². The molecule has 0 aliphatic carbocycles. The largest absolute Gasteiger partial charge is 0.617 e. The van der Waals surface area contributed by atoms with Crippen LogP contribution in [0.2, 0.25) is 0 Å². The highest BCUT2D eigenvalue weighted by molar-refractivity contribution is 7.90. The van der Waals surface area contributed by atoms with Gasteiger partial charge in [0.25, 0.3) is 0 Å². The number of carbonyl (C=O) groups excluding carboxylic acids is 1. The summed E-state index contributed by atoms with van der Waals surface area (Å²) in [5.74, 6) is 0.983. The van der Waals surface area contributed by atoms with Crippen molar-refractivity contribution < 1.29 is 9.35 Å². The molecule has 0 saturated carbocycles. The second-order valence-electron chi connectivity index (χ2n) is 3.23. The summed E-state index contributed by atoms with van der Waals surface area (Å²) >= 11 is -0.809. The summed E-state index contributed by atoms with van der Waals surface area (Å²) in [5.41, 5.74) is 0.